The summed E-state index contributed by atoms with van der Waals surface area (Å²) in [4.78, 5) is 18.1. The Morgan fingerprint density at radius 2 is 2.28 bits per heavy atom. The van der Waals surface area contributed by atoms with Gasteiger partial charge in [-0.25, -0.2) is 4.98 Å². The fraction of sp³-hybridized carbons (Fsp3) is 0.333. The van der Waals surface area contributed by atoms with Crippen LogP contribution in [0.15, 0.2) is 30.5 Å². The van der Waals surface area contributed by atoms with E-state index in [1.807, 2.05) is 6.07 Å². The first kappa shape index (κ1) is 16.3. The van der Waals surface area contributed by atoms with Crippen molar-refractivity contribution in [2.24, 2.45) is 0 Å². The zero-order valence-corrected chi connectivity index (χ0v) is 14.6. The second kappa shape index (κ2) is 6.59. The number of pyridine rings is 1. The fourth-order valence-corrected chi connectivity index (χ4v) is 4.19. The van der Waals surface area contributed by atoms with Gasteiger partial charge in [-0.05, 0) is 25.1 Å². The molecule has 4 heterocycles. The predicted molar refractivity (Wildman–Crippen MR) is 94.4 cm³/mol. The molecule has 1 saturated heterocycles. The SMILES string of the molecule is Cc1cc2cc(C(=O)c3ccc(O)nc3)sc2n1CC1COCCO1. The third-order valence-electron chi connectivity index (χ3n) is 4.28. The van der Waals surface area contributed by atoms with E-state index >= 15 is 0 Å². The Balaban J connectivity index is 1.63. The number of thiophene rings is 1. The molecule has 25 heavy (non-hydrogen) atoms. The average Bonchev–Trinajstić information content (AvgIpc) is 3.15. The van der Waals surface area contributed by atoms with E-state index in [0.29, 0.717) is 36.8 Å². The lowest BCUT2D eigenvalue weighted by atomic mass is 10.1. The van der Waals surface area contributed by atoms with Crippen molar-refractivity contribution in [3.63, 3.8) is 0 Å². The Kier molecular flexibility index (Phi) is 4.29. The summed E-state index contributed by atoms with van der Waals surface area (Å²) >= 11 is 1.47. The maximum absolute atomic E-state index is 12.6. The summed E-state index contributed by atoms with van der Waals surface area (Å²) in [6.45, 7) is 4.63. The van der Waals surface area contributed by atoms with Crippen molar-refractivity contribution < 1.29 is 19.4 Å². The van der Waals surface area contributed by atoms with Gasteiger partial charge in [0.1, 0.15) is 4.83 Å². The maximum Gasteiger partial charge on any atom is 0.210 e. The largest absolute Gasteiger partial charge is 0.493 e. The highest BCUT2D eigenvalue weighted by Gasteiger charge is 2.20. The summed E-state index contributed by atoms with van der Waals surface area (Å²) in [6, 6.07) is 7.01. The molecule has 6 nitrogen and oxygen atoms in total. The van der Waals surface area contributed by atoms with Crippen LogP contribution >= 0.6 is 11.3 Å². The van der Waals surface area contributed by atoms with Gasteiger partial charge in [-0.3, -0.25) is 4.79 Å². The van der Waals surface area contributed by atoms with Gasteiger partial charge in [0.25, 0.3) is 0 Å². The van der Waals surface area contributed by atoms with Crippen molar-refractivity contribution in [1.29, 1.82) is 0 Å². The molecular weight excluding hydrogens is 340 g/mol. The van der Waals surface area contributed by atoms with Crippen LogP contribution in [0, 0.1) is 6.92 Å². The second-order valence-corrected chi connectivity index (χ2v) is 7.10. The summed E-state index contributed by atoms with van der Waals surface area (Å²) in [5.41, 5.74) is 1.61. The summed E-state index contributed by atoms with van der Waals surface area (Å²) in [7, 11) is 0. The molecule has 1 unspecified atom stereocenters. The molecule has 1 aliphatic rings. The first-order chi connectivity index (χ1) is 12.1. The number of nitrogens with zero attached hydrogens (tertiary/aromatic N) is 2. The van der Waals surface area contributed by atoms with Gasteiger partial charge in [0.05, 0.1) is 37.3 Å². The number of carbonyl (C=O) groups is 1. The Morgan fingerprint density at radius 1 is 1.40 bits per heavy atom. The van der Waals surface area contributed by atoms with Gasteiger partial charge in [-0.2, -0.15) is 0 Å². The number of aromatic nitrogens is 2. The molecule has 0 bridgehead atoms. The van der Waals surface area contributed by atoms with Crippen molar-refractivity contribution in [3.05, 3.63) is 46.6 Å². The van der Waals surface area contributed by atoms with Crippen molar-refractivity contribution in [3.8, 4) is 5.88 Å². The number of fused-ring (bicyclic) bond motifs is 1. The van der Waals surface area contributed by atoms with Gasteiger partial charge in [0, 0.05) is 28.9 Å². The van der Waals surface area contributed by atoms with Gasteiger partial charge in [0.15, 0.2) is 0 Å². The van der Waals surface area contributed by atoms with Gasteiger partial charge in [0.2, 0.25) is 11.7 Å². The smallest absolute Gasteiger partial charge is 0.210 e. The van der Waals surface area contributed by atoms with Crippen LogP contribution in [0.2, 0.25) is 0 Å². The molecule has 3 aromatic rings. The van der Waals surface area contributed by atoms with Crippen LogP contribution in [0.5, 0.6) is 5.88 Å². The molecule has 1 N–H and O–H groups in total. The fourth-order valence-electron chi connectivity index (χ4n) is 3.02. The third-order valence-corrected chi connectivity index (χ3v) is 5.45. The van der Waals surface area contributed by atoms with Gasteiger partial charge in [-0.1, -0.05) is 0 Å². The molecule has 0 aromatic carbocycles. The van der Waals surface area contributed by atoms with E-state index in [0.717, 1.165) is 15.9 Å². The van der Waals surface area contributed by atoms with Crippen LogP contribution in [0.25, 0.3) is 10.2 Å². The van der Waals surface area contributed by atoms with Crippen LogP contribution in [0.4, 0.5) is 0 Å². The Bertz CT molecular complexity index is 907. The van der Waals surface area contributed by atoms with E-state index < -0.39 is 0 Å². The lowest BCUT2D eigenvalue weighted by molar-refractivity contribution is -0.0933. The highest BCUT2D eigenvalue weighted by molar-refractivity contribution is 7.20. The van der Waals surface area contributed by atoms with Crippen LogP contribution in [0.3, 0.4) is 0 Å². The molecule has 4 rings (SSSR count). The molecule has 1 atom stereocenters. The van der Waals surface area contributed by atoms with Crippen LogP contribution in [-0.2, 0) is 16.0 Å². The average molecular weight is 358 g/mol. The third kappa shape index (κ3) is 3.18. The molecule has 1 aliphatic heterocycles. The highest BCUT2D eigenvalue weighted by atomic mass is 32.1. The number of rotatable bonds is 4. The summed E-state index contributed by atoms with van der Waals surface area (Å²) in [5.74, 6) is -0.181. The molecule has 1 fully saturated rings. The molecule has 0 saturated carbocycles. The Labute approximate surface area is 148 Å². The van der Waals surface area contributed by atoms with Crippen LogP contribution < -0.4 is 0 Å². The van der Waals surface area contributed by atoms with Gasteiger partial charge >= 0.3 is 0 Å². The highest BCUT2D eigenvalue weighted by Crippen LogP contribution is 2.31. The molecule has 0 spiro atoms. The minimum atomic E-state index is -0.0929. The summed E-state index contributed by atoms with van der Waals surface area (Å²) in [5, 5.41) is 10.3. The van der Waals surface area contributed by atoms with E-state index in [4.69, 9.17) is 9.47 Å². The zero-order chi connectivity index (χ0) is 17.4. The monoisotopic (exact) mass is 358 g/mol. The number of aryl methyl sites for hydroxylation is 1. The quantitative estimate of drug-likeness (QED) is 0.726. The first-order valence-electron chi connectivity index (χ1n) is 8.10. The molecule has 3 aromatic heterocycles. The van der Waals surface area contributed by atoms with Gasteiger partial charge in [-0.15, -0.1) is 11.3 Å². The topological polar surface area (TPSA) is 73.6 Å². The van der Waals surface area contributed by atoms with Crippen molar-refractivity contribution in [2.75, 3.05) is 19.8 Å². The Morgan fingerprint density at radius 3 is 3.00 bits per heavy atom. The normalized spacial score (nSPS) is 17.9. The molecular formula is C18H18N2O4S. The molecule has 0 amide bonds. The maximum atomic E-state index is 12.6. The van der Waals surface area contributed by atoms with E-state index in [9.17, 15) is 9.90 Å². The number of hydrogen-bond donors (Lipinski definition) is 1. The zero-order valence-electron chi connectivity index (χ0n) is 13.8. The summed E-state index contributed by atoms with van der Waals surface area (Å²) < 4.78 is 13.4. The molecule has 7 heteroatoms. The number of carbonyl (C=O) groups excluding carboxylic acids is 1. The van der Waals surface area contributed by atoms with Gasteiger partial charge < -0.3 is 19.1 Å². The number of ketones is 1. The minimum Gasteiger partial charge on any atom is -0.493 e. The number of hydrogen-bond acceptors (Lipinski definition) is 6. The van der Waals surface area contributed by atoms with E-state index in [-0.39, 0.29) is 17.8 Å². The summed E-state index contributed by atoms with van der Waals surface area (Å²) in [6.07, 6.45) is 1.43. The molecule has 0 radical (unpaired) electrons. The number of ether oxygens (including phenoxy) is 2. The van der Waals surface area contributed by atoms with Crippen molar-refractivity contribution in [2.45, 2.75) is 19.6 Å². The Hall–Kier alpha value is -2.22. The first-order valence-corrected chi connectivity index (χ1v) is 8.92. The minimum absolute atomic E-state index is 0.0330. The predicted octanol–water partition coefficient (Wildman–Crippen LogP) is 2.76. The van der Waals surface area contributed by atoms with E-state index in [2.05, 4.69) is 22.5 Å². The van der Waals surface area contributed by atoms with Crippen LogP contribution in [-0.4, -0.2) is 46.4 Å². The lowest BCUT2D eigenvalue weighted by Gasteiger charge is -2.24. The van der Waals surface area contributed by atoms with Crippen LogP contribution in [0.1, 0.15) is 20.9 Å². The standard InChI is InChI=1S/C18H18N2O4S/c1-11-6-13-7-15(17(22)12-2-3-16(21)19-8-12)25-18(13)20(11)9-14-10-23-4-5-24-14/h2-3,6-8,14H,4-5,9-10H2,1H3,(H,19,21). The number of aromatic hydroxyl groups is 1. The van der Waals surface area contributed by atoms with E-state index in [1.54, 1.807) is 6.07 Å². The molecule has 130 valence electrons. The van der Waals surface area contributed by atoms with E-state index in [1.165, 1.54) is 23.6 Å². The second-order valence-electron chi connectivity index (χ2n) is 6.07. The lowest BCUT2D eigenvalue weighted by Crippen LogP contribution is -2.32. The molecule has 0 aliphatic carbocycles. The van der Waals surface area contributed by atoms with Crippen molar-refractivity contribution >= 4 is 27.3 Å². The van der Waals surface area contributed by atoms with Crippen molar-refractivity contribution in [1.82, 2.24) is 9.55 Å².